The van der Waals surface area contributed by atoms with Gasteiger partial charge in [-0.2, -0.15) is 5.26 Å². The first-order chi connectivity index (χ1) is 6.83. The summed E-state index contributed by atoms with van der Waals surface area (Å²) in [7, 11) is 0. The van der Waals surface area contributed by atoms with Gasteiger partial charge in [-0.15, -0.1) is 0 Å². The lowest BCUT2D eigenvalue weighted by molar-refractivity contribution is 0.215. The lowest BCUT2D eigenvalue weighted by atomic mass is 10.1. The smallest absolute Gasteiger partial charge is 0.140 e. The van der Waals surface area contributed by atoms with Gasteiger partial charge in [0.15, 0.2) is 0 Å². The zero-order valence-electron chi connectivity index (χ0n) is 8.19. The van der Waals surface area contributed by atoms with Crippen molar-refractivity contribution in [1.29, 1.82) is 5.26 Å². The van der Waals surface area contributed by atoms with Gasteiger partial charge in [0.05, 0.1) is 6.07 Å². The molecule has 2 heteroatoms. The molecule has 14 heavy (non-hydrogen) atoms. The molecule has 1 unspecified atom stereocenters. The molecule has 0 saturated heterocycles. The number of hydrogen-bond donors (Lipinski definition) is 1. The topological polar surface area (TPSA) is 44.0 Å². The van der Waals surface area contributed by atoms with Crippen LogP contribution in [0, 0.1) is 11.3 Å². The minimum absolute atomic E-state index is 0.587. The molecule has 1 rings (SSSR count). The van der Waals surface area contributed by atoms with E-state index in [0.29, 0.717) is 6.42 Å². The summed E-state index contributed by atoms with van der Waals surface area (Å²) in [5, 5.41) is 17.3. The van der Waals surface area contributed by atoms with Crippen molar-refractivity contribution in [2.45, 2.75) is 31.8 Å². The molecule has 0 aliphatic carbocycles. The van der Waals surface area contributed by atoms with Gasteiger partial charge in [0.25, 0.3) is 0 Å². The van der Waals surface area contributed by atoms with Gasteiger partial charge >= 0.3 is 0 Å². The van der Waals surface area contributed by atoms with Gasteiger partial charge in [-0.3, -0.25) is 0 Å². The summed E-state index contributed by atoms with van der Waals surface area (Å²) in [6.07, 6.45) is 2.76. The lowest BCUT2D eigenvalue weighted by Crippen LogP contribution is -2.01. The summed E-state index contributed by atoms with van der Waals surface area (Å²) >= 11 is 0. The fourth-order valence-corrected chi connectivity index (χ4v) is 1.38. The second kappa shape index (κ2) is 6.17. The van der Waals surface area contributed by atoms with Gasteiger partial charge in [-0.25, -0.2) is 0 Å². The van der Waals surface area contributed by atoms with Crippen molar-refractivity contribution in [3.05, 3.63) is 35.9 Å². The fourth-order valence-electron chi connectivity index (χ4n) is 1.38. The predicted octanol–water partition coefficient (Wildman–Crippen LogP) is 2.28. The third kappa shape index (κ3) is 4.06. The maximum Gasteiger partial charge on any atom is 0.140 e. The molecule has 1 atom stereocenters. The Hall–Kier alpha value is -1.33. The van der Waals surface area contributed by atoms with E-state index < -0.39 is 6.10 Å². The standard InChI is InChI=1S/C12H15NO/c13-10-12(14)9-5-4-8-11-6-2-1-3-7-11/h1-3,6-7,12,14H,4-5,8-9H2. The Bertz CT molecular complexity index is 289. The summed E-state index contributed by atoms with van der Waals surface area (Å²) in [6.45, 7) is 0. The largest absolute Gasteiger partial charge is 0.378 e. The van der Waals surface area contributed by atoms with Crippen molar-refractivity contribution >= 4 is 0 Å². The number of aliphatic hydroxyl groups excluding tert-OH is 1. The number of nitrogens with zero attached hydrogens (tertiary/aromatic N) is 1. The van der Waals surface area contributed by atoms with E-state index in [4.69, 9.17) is 10.4 Å². The van der Waals surface area contributed by atoms with Gasteiger partial charge in [-0.1, -0.05) is 30.3 Å². The fraction of sp³-hybridized carbons (Fsp3) is 0.417. The highest BCUT2D eigenvalue weighted by molar-refractivity contribution is 5.14. The molecule has 2 nitrogen and oxygen atoms in total. The quantitative estimate of drug-likeness (QED) is 0.570. The first-order valence-electron chi connectivity index (χ1n) is 4.94. The SMILES string of the molecule is N#CC(O)CCCCc1ccccc1. The zero-order chi connectivity index (χ0) is 10.2. The van der Waals surface area contributed by atoms with Crippen molar-refractivity contribution in [2.24, 2.45) is 0 Å². The number of hydrogen-bond acceptors (Lipinski definition) is 2. The Morgan fingerprint density at radius 2 is 1.93 bits per heavy atom. The summed E-state index contributed by atoms with van der Waals surface area (Å²) < 4.78 is 0. The van der Waals surface area contributed by atoms with Crippen LogP contribution in [0.2, 0.25) is 0 Å². The molecule has 0 aromatic heterocycles. The van der Waals surface area contributed by atoms with E-state index >= 15 is 0 Å². The predicted molar refractivity (Wildman–Crippen MR) is 55.6 cm³/mol. The molecule has 0 aliphatic rings. The number of rotatable bonds is 5. The normalized spacial score (nSPS) is 12.0. The maximum absolute atomic E-state index is 8.99. The number of benzene rings is 1. The van der Waals surface area contributed by atoms with Crippen molar-refractivity contribution in [3.63, 3.8) is 0 Å². The molecule has 0 heterocycles. The van der Waals surface area contributed by atoms with Crippen LogP contribution in [0.1, 0.15) is 24.8 Å². The average molecular weight is 189 g/mol. The van der Waals surface area contributed by atoms with Gasteiger partial charge in [0.1, 0.15) is 6.10 Å². The maximum atomic E-state index is 8.99. The molecule has 74 valence electrons. The summed E-state index contributed by atoms with van der Waals surface area (Å²) in [5.41, 5.74) is 1.32. The Morgan fingerprint density at radius 3 is 2.57 bits per heavy atom. The molecule has 0 spiro atoms. The summed E-state index contributed by atoms with van der Waals surface area (Å²) in [5.74, 6) is 0. The van der Waals surface area contributed by atoms with Crippen LogP contribution in [0.3, 0.4) is 0 Å². The molecule has 0 amide bonds. The van der Waals surface area contributed by atoms with Crippen molar-refractivity contribution in [2.75, 3.05) is 0 Å². The average Bonchev–Trinajstić information content (AvgIpc) is 2.25. The highest BCUT2D eigenvalue weighted by atomic mass is 16.3. The second-order valence-electron chi connectivity index (χ2n) is 3.38. The molecule has 0 fully saturated rings. The summed E-state index contributed by atoms with van der Waals surface area (Å²) in [4.78, 5) is 0. The molecule has 0 radical (unpaired) electrons. The van der Waals surface area contributed by atoms with Crippen LogP contribution < -0.4 is 0 Å². The van der Waals surface area contributed by atoms with E-state index in [2.05, 4.69) is 12.1 Å². The molecule has 1 aromatic rings. The van der Waals surface area contributed by atoms with Gasteiger partial charge in [0, 0.05) is 0 Å². The highest BCUT2D eigenvalue weighted by Crippen LogP contribution is 2.07. The number of nitriles is 1. The number of aryl methyl sites for hydroxylation is 1. The van der Waals surface area contributed by atoms with Gasteiger partial charge < -0.3 is 5.11 Å². The molecule has 1 aromatic carbocycles. The third-order valence-corrected chi connectivity index (χ3v) is 2.18. The van der Waals surface area contributed by atoms with E-state index in [9.17, 15) is 0 Å². The first kappa shape index (κ1) is 10.7. The Labute approximate surface area is 84.8 Å². The van der Waals surface area contributed by atoms with E-state index in [0.717, 1.165) is 19.3 Å². The van der Waals surface area contributed by atoms with E-state index in [1.165, 1.54) is 5.56 Å². The number of aliphatic hydroxyl groups is 1. The highest BCUT2D eigenvalue weighted by Gasteiger charge is 2.00. The minimum Gasteiger partial charge on any atom is -0.378 e. The monoisotopic (exact) mass is 189 g/mol. The van der Waals surface area contributed by atoms with Gasteiger partial charge in [0.2, 0.25) is 0 Å². The first-order valence-corrected chi connectivity index (χ1v) is 4.94. The van der Waals surface area contributed by atoms with Crippen molar-refractivity contribution < 1.29 is 5.11 Å². The van der Waals surface area contributed by atoms with Crippen LogP contribution in [0.5, 0.6) is 0 Å². The minimum atomic E-state index is -0.786. The van der Waals surface area contributed by atoms with E-state index in [1.54, 1.807) is 0 Å². The van der Waals surface area contributed by atoms with Crippen LogP contribution in [0.15, 0.2) is 30.3 Å². The summed E-state index contributed by atoms with van der Waals surface area (Å²) in [6, 6.07) is 12.1. The van der Waals surface area contributed by atoms with Crippen LogP contribution >= 0.6 is 0 Å². The Kier molecular flexibility index (Phi) is 4.74. The van der Waals surface area contributed by atoms with Gasteiger partial charge in [-0.05, 0) is 31.2 Å². The van der Waals surface area contributed by atoms with Crippen LogP contribution in [-0.2, 0) is 6.42 Å². The zero-order valence-corrected chi connectivity index (χ0v) is 8.19. The molecule has 0 saturated carbocycles. The second-order valence-corrected chi connectivity index (χ2v) is 3.38. The molecular weight excluding hydrogens is 174 g/mol. The van der Waals surface area contributed by atoms with E-state index in [-0.39, 0.29) is 0 Å². The van der Waals surface area contributed by atoms with Crippen molar-refractivity contribution in [3.8, 4) is 6.07 Å². The number of unbranched alkanes of at least 4 members (excludes halogenated alkanes) is 1. The molecule has 0 aliphatic heterocycles. The van der Waals surface area contributed by atoms with Crippen molar-refractivity contribution in [1.82, 2.24) is 0 Å². The Balaban J connectivity index is 2.14. The molecule has 0 bridgehead atoms. The Morgan fingerprint density at radius 1 is 1.21 bits per heavy atom. The van der Waals surface area contributed by atoms with E-state index in [1.807, 2.05) is 24.3 Å². The molecule has 1 N–H and O–H groups in total. The third-order valence-electron chi connectivity index (χ3n) is 2.18. The molecular formula is C12H15NO. The lowest BCUT2D eigenvalue weighted by Gasteiger charge is -2.02. The van der Waals surface area contributed by atoms with Crippen LogP contribution in [-0.4, -0.2) is 11.2 Å². The van der Waals surface area contributed by atoms with Crippen LogP contribution in [0.25, 0.3) is 0 Å². The van der Waals surface area contributed by atoms with Crippen LogP contribution in [0.4, 0.5) is 0 Å².